The monoisotopic (exact) mass is 153 g/mol. The zero-order valence-corrected chi connectivity index (χ0v) is 6.49. The molecule has 0 bridgehead atoms. The minimum absolute atomic E-state index is 0.0307. The molecule has 0 aliphatic carbocycles. The molecule has 0 radical (unpaired) electrons. The van der Waals surface area contributed by atoms with Crippen molar-refractivity contribution in [2.45, 2.75) is 6.92 Å². The van der Waals surface area contributed by atoms with E-state index in [0.717, 1.165) is 0 Å². The molecule has 0 saturated heterocycles. The van der Waals surface area contributed by atoms with Crippen LogP contribution in [0.5, 0.6) is 0 Å². The quantitative estimate of drug-likeness (QED) is 0.652. The molecule has 3 nitrogen and oxygen atoms in total. The number of aromatic nitrogens is 1. The van der Waals surface area contributed by atoms with E-state index in [9.17, 15) is 4.79 Å². The van der Waals surface area contributed by atoms with Crippen LogP contribution in [0.4, 0.5) is 0 Å². The lowest BCUT2D eigenvalue weighted by Crippen LogP contribution is -2.15. The molecule has 1 heterocycles. The highest BCUT2D eigenvalue weighted by molar-refractivity contribution is 5.80. The zero-order chi connectivity index (χ0) is 8.10. The van der Waals surface area contributed by atoms with E-state index in [1.54, 1.807) is 12.4 Å². The van der Waals surface area contributed by atoms with Gasteiger partial charge in [-0.25, -0.2) is 0 Å². The van der Waals surface area contributed by atoms with Crippen molar-refractivity contribution in [2.24, 2.45) is 0 Å². The number of rotatable bonds is 3. The van der Waals surface area contributed by atoms with Gasteiger partial charge >= 0.3 is 0 Å². The van der Waals surface area contributed by atoms with E-state index in [1.807, 2.05) is 19.1 Å². The predicted octanol–water partition coefficient (Wildman–Crippen LogP) is 1.16. The first-order chi connectivity index (χ1) is 5.34. The number of nitrogens with zero attached hydrogens (tertiary/aromatic N) is 1. The van der Waals surface area contributed by atoms with Crippen molar-refractivity contribution in [3.8, 4) is 0 Å². The Morgan fingerprint density at radius 1 is 1.45 bits per heavy atom. The Morgan fingerprint density at radius 3 is 2.64 bits per heavy atom. The van der Waals surface area contributed by atoms with Gasteiger partial charge in [0.2, 0.25) is 0 Å². The SMILES string of the molecule is CCOCC(=O)n1cccc1. The number of carbonyl (C=O) groups excluding carboxylic acids is 1. The first-order valence-electron chi connectivity index (χ1n) is 3.58. The lowest BCUT2D eigenvalue weighted by atomic mass is 10.6. The van der Waals surface area contributed by atoms with Gasteiger partial charge in [-0.15, -0.1) is 0 Å². The van der Waals surface area contributed by atoms with Crippen molar-refractivity contribution in [1.82, 2.24) is 4.57 Å². The lowest BCUT2D eigenvalue weighted by molar-refractivity contribution is 0.0698. The molecule has 1 aromatic heterocycles. The minimum atomic E-state index is -0.0307. The number of carbonyl (C=O) groups is 1. The molecular weight excluding hydrogens is 142 g/mol. The van der Waals surface area contributed by atoms with E-state index in [1.165, 1.54) is 4.57 Å². The van der Waals surface area contributed by atoms with Crippen molar-refractivity contribution in [3.05, 3.63) is 24.5 Å². The van der Waals surface area contributed by atoms with Crippen molar-refractivity contribution in [3.63, 3.8) is 0 Å². The maximum atomic E-state index is 11.1. The van der Waals surface area contributed by atoms with Gasteiger partial charge in [-0.2, -0.15) is 0 Å². The molecule has 1 aromatic rings. The Balaban J connectivity index is 2.43. The van der Waals surface area contributed by atoms with Crippen molar-refractivity contribution in [1.29, 1.82) is 0 Å². The molecular formula is C8H11NO2. The predicted molar refractivity (Wildman–Crippen MR) is 41.6 cm³/mol. The van der Waals surface area contributed by atoms with E-state index in [0.29, 0.717) is 6.61 Å². The summed E-state index contributed by atoms with van der Waals surface area (Å²) in [5.74, 6) is -0.0307. The Morgan fingerprint density at radius 2 is 2.09 bits per heavy atom. The average molecular weight is 153 g/mol. The summed E-state index contributed by atoms with van der Waals surface area (Å²) in [6, 6.07) is 3.62. The van der Waals surface area contributed by atoms with Crippen LogP contribution in [0.25, 0.3) is 0 Å². The Labute approximate surface area is 65.6 Å². The van der Waals surface area contributed by atoms with E-state index in [2.05, 4.69) is 0 Å². The second-order valence-electron chi connectivity index (χ2n) is 2.12. The summed E-state index contributed by atoms with van der Waals surface area (Å²) in [7, 11) is 0. The van der Waals surface area contributed by atoms with Crippen LogP contribution in [-0.4, -0.2) is 23.7 Å². The van der Waals surface area contributed by atoms with E-state index < -0.39 is 0 Å². The fourth-order valence-electron chi connectivity index (χ4n) is 0.765. The van der Waals surface area contributed by atoms with E-state index >= 15 is 0 Å². The van der Waals surface area contributed by atoms with Crippen LogP contribution in [0.2, 0.25) is 0 Å². The van der Waals surface area contributed by atoms with Crippen molar-refractivity contribution >= 4 is 5.91 Å². The topological polar surface area (TPSA) is 31.2 Å². The molecule has 0 amide bonds. The van der Waals surface area contributed by atoms with Gasteiger partial charge in [-0.1, -0.05) is 0 Å². The number of hydrogen-bond acceptors (Lipinski definition) is 2. The molecule has 60 valence electrons. The molecule has 0 aromatic carbocycles. The Bertz CT molecular complexity index is 216. The Kier molecular flexibility index (Phi) is 2.86. The number of ether oxygens (including phenoxy) is 1. The van der Waals surface area contributed by atoms with Crippen LogP contribution in [0.3, 0.4) is 0 Å². The van der Waals surface area contributed by atoms with Crippen LogP contribution in [0.1, 0.15) is 11.7 Å². The fourth-order valence-corrected chi connectivity index (χ4v) is 0.765. The van der Waals surface area contributed by atoms with Gasteiger partial charge in [0.25, 0.3) is 5.91 Å². The summed E-state index contributed by atoms with van der Waals surface area (Å²) >= 11 is 0. The molecule has 0 fully saturated rings. The molecule has 3 heteroatoms. The molecule has 0 N–H and O–H groups in total. The normalized spacial score (nSPS) is 9.91. The largest absolute Gasteiger partial charge is 0.372 e. The molecule has 0 unspecified atom stereocenters. The molecule has 0 spiro atoms. The molecule has 0 aliphatic rings. The Hall–Kier alpha value is -1.09. The fraction of sp³-hybridized carbons (Fsp3) is 0.375. The van der Waals surface area contributed by atoms with Gasteiger partial charge in [0, 0.05) is 19.0 Å². The number of hydrogen-bond donors (Lipinski definition) is 0. The van der Waals surface area contributed by atoms with Gasteiger partial charge in [0.1, 0.15) is 6.61 Å². The van der Waals surface area contributed by atoms with Crippen LogP contribution >= 0.6 is 0 Å². The van der Waals surface area contributed by atoms with Gasteiger partial charge in [0.05, 0.1) is 0 Å². The summed E-state index contributed by atoms with van der Waals surface area (Å²) in [4.78, 5) is 11.1. The summed E-state index contributed by atoms with van der Waals surface area (Å²) < 4.78 is 6.46. The highest BCUT2D eigenvalue weighted by atomic mass is 16.5. The zero-order valence-electron chi connectivity index (χ0n) is 6.49. The maximum Gasteiger partial charge on any atom is 0.256 e. The van der Waals surface area contributed by atoms with Gasteiger partial charge < -0.3 is 4.74 Å². The summed E-state index contributed by atoms with van der Waals surface area (Å²) in [5.41, 5.74) is 0. The molecule has 11 heavy (non-hydrogen) atoms. The van der Waals surface area contributed by atoms with Crippen molar-refractivity contribution in [2.75, 3.05) is 13.2 Å². The van der Waals surface area contributed by atoms with Crippen LogP contribution in [0, 0.1) is 0 Å². The van der Waals surface area contributed by atoms with E-state index in [4.69, 9.17) is 4.74 Å². The molecule has 0 saturated carbocycles. The third-order valence-corrected chi connectivity index (χ3v) is 1.32. The molecule has 0 atom stereocenters. The van der Waals surface area contributed by atoms with E-state index in [-0.39, 0.29) is 12.5 Å². The smallest absolute Gasteiger partial charge is 0.256 e. The first kappa shape index (κ1) is 8.01. The molecule has 1 rings (SSSR count). The summed E-state index contributed by atoms with van der Waals surface area (Å²) in [6.45, 7) is 2.60. The highest BCUT2D eigenvalue weighted by Gasteiger charge is 2.00. The minimum Gasteiger partial charge on any atom is -0.372 e. The third kappa shape index (κ3) is 2.20. The summed E-state index contributed by atoms with van der Waals surface area (Å²) in [6.07, 6.45) is 3.42. The second-order valence-corrected chi connectivity index (χ2v) is 2.12. The molecule has 0 aliphatic heterocycles. The third-order valence-electron chi connectivity index (χ3n) is 1.32. The van der Waals surface area contributed by atoms with Crippen LogP contribution in [0.15, 0.2) is 24.5 Å². The highest BCUT2D eigenvalue weighted by Crippen LogP contribution is 1.90. The second kappa shape index (κ2) is 3.93. The standard InChI is InChI=1S/C8H11NO2/c1-2-11-7-8(10)9-5-3-4-6-9/h3-6H,2,7H2,1H3. The van der Waals surface area contributed by atoms with Gasteiger partial charge in [0.15, 0.2) is 0 Å². The van der Waals surface area contributed by atoms with Crippen molar-refractivity contribution < 1.29 is 9.53 Å². The van der Waals surface area contributed by atoms with Crippen LogP contribution in [-0.2, 0) is 4.74 Å². The summed E-state index contributed by atoms with van der Waals surface area (Å²) in [5, 5.41) is 0. The first-order valence-corrected chi connectivity index (χ1v) is 3.58. The maximum absolute atomic E-state index is 11.1. The average Bonchev–Trinajstić information content (AvgIpc) is 2.52. The lowest BCUT2D eigenvalue weighted by Gasteiger charge is -2.00. The van der Waals surface area contributed by atoms with Gasteiger partial charge in [-0.05, 0) is 19.1 Å². The van der Waals surface area contributed by atoms with Gasteiger partial charge in [-0.3, -0.25) is 9.36 Å². The van der Waals surface area contributed by atoms with Crippen LogP contribution < -0.4 is 0 Å².